The Kier molecular flexibility index (Phi) is 3.35. The van der Waals surface area contributed by atoms with Gasteiger partial charge in [0.05, 0.1) is 7.11 Å². The molecule has 2 rings (SSSR count). The lowest BCUT2D eigenvalue weighted by Gasteiger charge is -2.02. The summed E-state index contributed by atoms with van der Waals surface area (Å²) in [5.41, 5.74) is 1.75. The van der Waals surface area contributed by atoms with Gasteiger partial charge in [0.25, 0.3) is 0 Å². The topological polar surface area (TPSA) is 55.2 Å². The summed E-state index contributed by atoms with van der Waals surface area (Å²) in [5.74, 6) is 0.794. The van der Waals surface area contributed by atoms with Crippen molar-refractivity contribution in [1.82, 2.24) is 9.97 Å². The molecular weight excluding hydrogens is 216 g/mol. The van der Waals surface area contributed by atoms with Gasteiger partial charge in [-0.05, 0) is 17.7 Å². The second-order valence-electron chi connectivity index (χ2n) is 3.47. The van der Waals surface area contributed by atoms with Gasteiger partial charge in [-0.1, -0.05) is 12.2 Å². The molecule has 0 bridgehead atoms. The number of phenols is 1. The molecule has 0 aliphatic rings. The molecule has 0 spiro atoms. The fourth-order valence-corrected chi connectivity index (χ4v) is 1.41. The normalized spacial score (nSPS) is 10.6. The van der Waals surface area contributed by atoms with Crippen molar-refractivity contribution in [1.29, 1.82) is 0 Å². The van der Waals surface area contributed by atoms with Gasteiger partial charge in [-0.3, -0.25) is 0 Å². The number of ether oxygens (including phenoxy) is 1. The molecule has 17 heavy (non-hydrogen) atoms. The molecule has 0 atom stereocenters. The molecular formula is C13H12N2O2. The van der Waals surface area contributed by atoms with E-state index in [4.69, 9.17) is 4.74 Å². The summed E-state index contributed by atoms with van der Waals surface area (Å²) in [6.45, 7) is 0. The zero-order valence-electron chi connectivity index (χ0n) is 9.37. The molecule has 0 saturated carbocycles. The van der Waals surface area contributed by atoms with Gasteiger partial charge in [-0.15, -0.1) is 0 Å². The number of hydrogen-bond donors (Lipinski definition) is 1. The lowest BCUT2D eigenvalue weighted by Crippen LogP contribution is -1.83. The van der Waals surface area contributed by atoms with E-state index in [9.17, 15) is 5.11 Å². The molecule has 0 saturated heterocycles. The fourth-order valence-electron chi connectivity index (χ4n) is 1.41. The molecule has 4 nitrogen and oxygen atoms in total. The molecule has 4 heteroatoms. The van der Waals surface area contributed by atoms with Crippen molar-refractivity contribution in [2.45, 2.75) is 0 Å². The minimum absolute atomic E-state index is 0.174. The van der Waals surface area contributed by atoms with Gasteiger partial charge in [0, 0.05) is 24.0 Å². The third kappa shape index (κ3) is 3.04. The summed E-state index contributed by atoms with van der Waals surface area (Å²) in [6.07, 6.45) is 8.64. The van der Waals surface area contributed by atoms with Gasteiger partial charge in [0.2, 0.25) is 0 Å². The third-order valence-corrected chi connectivity index (χ3v) is 2.20. The van der Waals surface area contributed by atoms with E-state index >= 15 is 0 Å². The minimum atomic E-state index is 0.174. The monoisotopic (exact) mass is 228 g/mol. The highest BCUT2D eigenvalue weighted by molar-refractivity contribution is 5.70. The summed E-state index contributed by atoms with van der Waals surface area (Å²) in [5, 5.41) is 9.48. The quantitative estimate of drug-likeness (QED) is 0.876. The van der Waals surface area contributed by atoms with Crippen molar-refractivity contribution in [3.05, 3.63) is 48.0 Å². The van der Waals surface area contributed by atoms with Crippen LogP contribution in [0.3, 0.4) is 0 Å². The molecule has 1 aromatic heterocycles. The lowest BCUT2D eigenvalue weighted by atomic mass is 10.1. The molecule has 0 unspecified atom stereocenters. The molecule has 0 fully saturated rings. The Bertz CT molecular complexity index is 524. The average Bonchev–Trinajstić information content (AvgIpc) is 2.37. The Labute approximate surface area is 99.2 Å². The van der Waals surface area contributed by atoms with E-state index in [1.807, 2.05) is 18.2 Å². The average molecular weight is 228 g/mol. The molecule has 0 aliphatic carbocycles. The fraction of sp³-hybridized carbons (Fsp3) is 0.0769. The number of aromatic nitrogens is 2. The number of nitrogens with zero attached hydrogens (tertiary/aromatic N) is 2. The van der Waals surface area contributed by atoms with Crippen LogP contribution in [0.2, 0.25) is 0 Å². The van der Waals surface area contributed by atoms with Crippen molar-refractivity contribution in [3.63, 3.8) is 0 Å². The van der Waals surface area contributed by atoms with Gasteiger partial charge in [-0.2, -0.15) is 0 Å². The van der Waals surface area contributed by atoms with E-state index in [1.165, 1.54) is 6.33 Å². The first-order valence-electron chi connectivity index (χ1n) is 5.09. The Morgan fingerprint density at radius 2 is 1.76 bits per heavy atom. The first-order valence-corrected chi connectivity index (χ1v) is 5.09. The van der Waals surface area contributed by atoms with Crippen molar-refractivity contribution in [2.75, 3.05) is 7.11 Å². The second kappa shape index (κ2) is 5.12. The van der Waals surface area contributed by atoms with Gasteiger partial charge < -0.3 is 9.84 Å². The second-order valence-corrected chi connectivity index (χ2v) is 3.47. The van der Waals surface area contributed by atoms with E-state index in [0.29, 0.717) is 5.75 Å². The minimum Gasteiger partial charge on any atom is -0.508 e. The van der Waals surface area contributed by atoms with Crippen molar-refractivity contribution < 1.29 is 9.84 Å². The predicted octanol–water partition coefficient (Wildman–Crippen LogP) is 2.36. The van der Waals surface area contributed by atoms with Crippen LogP contribution in [0.15, 0.2) is 36.9 Å². The zero-order valence-corrected chi connectivity index (χ0v) is 9.37. The standard InChI is InChI=1S/C13H12N2O2/c1-17-13-5-10(4-12(16)6-13)2-3-11-7-14-9-15-8-11/h2-9,16H,1H3/b3-2+. The Balaban J connectivity index is 2.24. The molecule has 2 aromatic rings. The van der Waals surface area contributed by atoms with Crippen molar-refractivity contribution in [3.8, 4) is 11.5 Å². The summed E-state index contributed by atoms with van der Waals surface area (Å²) in [4.78, 5) is 7.82. The van der Waals surface area contributed by atoms with Crippen LogP contribution in [0.25, 0.3) is 12.2 Å². The maximum atomic E-state index is 9.48. The Hall–Kier alpha value is -2.36. The van der Waals surface area contributed by atoms with Crippen LogP contribution < -0.4 is 4.74 Å². The Morgan fingerprint density at radius 1 is 1.06 bits per heavy atom. The highest BCUT2D eigenvalue weighted by atomic mass is 16.5. The maximum absolute atomic E-state index is 9.48. The summed E-state index contributed by atoms with van der Waals surface area (Å²) in [6, 6.07) is 5.05. The zero-order chi connectivity index (χ0) is 12.1. The number of phenolic OH excluding ortho intramolecular Hbond substituents is 1. The van der Waals surface area contributed by atoms with E-state index in [0.717, 1.165) is 11.1 Å². The molecule has 1 aromatic carbocycles. The van der Waals surface area contributed by atoms with Crippen LogP contribution in [-0.4, -0.2) is 22.2 Å². The van der Waals surface area contributed by atoms with Gasteiger partial charge >= 0.3 is 0 Å². The lowest BCUT2D eigenvalue weighted by molar-refractivity contribution is 0.407. The molecule has 0 aliphatic heterocycles. The number of benzene rings is 1. The molecule has 1 heterocycles. The van der Waals surface area contributed by atoms with Crippen LogP contribution >= 0.6 is 0 Å². The number of rotatable bonds is 3. The van der Waals surface area contributed by atoms with Crippen molar-refractivity contribution >= 4 is 12.2 Å². The summed E-state index contributed by atoms with van der Waals surface area (Å²) in [7, 11) is 1.56. The van der Waals surface area contributed by atoms with Crippen LogP contribution in [0.5, 0.6) is 11.5 Å². The van der Waals surface area contributed by atoms with Crippen LogP contribution in [0, 0.1) is 0 Å². The van der Waals surface area contributed by atoms with E-state index in [2.05, 4.69) is 9.97 Å². The third-order valence-electron chi connectivity index (χ3n) is 2.20. The molecule has 1 N–H and O–H groups in total. The van der Waals surface area contributed by atoms with Crippen LogP contribution in [-0.2, 0) is 0 Å². The van der Waals surface area contributed by atoms with Crippen LogP contribution in [0.4, 0.5) is 0 Å². The number of methoxy groups -OCH3 is 1. The van der Waals surface area contributed by atoms with E-state index in [-0.39, 0.29) is 5.75 Å². The van der Waals surface area contributed by atoms with Crippen LogP contribution in [0.1, 0.15) is 11.1 Å². The summed E-state index contributed by atoms with van der Waals surface area (Å²) >= 11 is 0. The Morgan fingerprint density at radius 3 is 2.47 bits per heavy atom. The van der Waals surface area contributed by atoms with Gasteiger partial charge in [0.1, 0.15) is 17.8 Å². The summed E-state index contributed by atoms with van der Waals surface area (Å²) < 4.78 is 5.07. The van der Waals surface area contributed by atoms with Crippen molar-refractivity contribution in [2.24, 2.45) is 0 Å². The molecule has 86 valence electrons. The van der Waals surface area contributed by atoms with Gasteiger partial charge in [0.15, 0.2) is 0 Å². The number of aromatic hydroxyl groups is 1. The first kappa shape index (κ1) is 11.1. The molecule has 0 amide bonds. The highest BCUT2D eigenvalue weighted by Gasteiger charge is 1.97. The predicted molar refractivity (Wildman–Crippen MR) is 65.6 cm³/mol. The maximum Gasteiger partial charge on any atom is 0.123 e. The number of hydrogen-bond acceptors (Lipinski definition) is 4. The van der Waals surface area contributed by atoms with E-state index in [1.54, 1.807) is 31.6 Å². The first-order chi connectivity index (χ1) is 8.28. The smallest absolute Gasteiger partial charge is 0.123 e. The largest absolute Gasteiger partial charge is 0.508 e. The highest BCUT2D eigenvalue weighted by Crippen LogP contribution is 2.22. The van der Waals surface area contributed by atoms with Gasteiger partial charge in [-0.25, -0.2) is 9.97 Å². The molecule has 0 radical (unpaired) electrons. The van der Waals surface area contributed by atoms with E-state index < -0.39 is 0 Å². The SMILES string of the molecule is COc1cc(O)cc(/C=C/c2cncnc2)c1.